The Hall–Kier alpha value is -3.05. The van der Waals surface area contributed by atoms with E-state index in [0.717, 1.165) is 6.07 Å². The molecule has 0 amide bonds. The fourth-order valence-corrected chi connectivity index (χ4v) is 2.75. The molecule has 2 aromatic rings. The minimum atomic E-state index is -4.16. The van der Waals surface area contributed by atoms with Crippen LogP contribution in [-0.2, 0) is 10.0 Å². The maximum atomic E-state index is 12.2. The fourth-order valence-electron chi connectivity index (χ4n) is 1.87. The number of sulfonamides is 1. The molecule has 11 heteroatoms. The summed E-state index contributed by atoms with van der Waals surface area (Å²) >= 11 is 0. The van der Waals surface area contributed by atoms with Crippen LogP contribution in [0.3, 0.4) is 0 Å². The van der Waals surface area contributed by atoms with Crippen LogP contribution in [0.1, 0.15) is 5.56 Å². The Bertz CT molecular complexity index is 912. The lowest BCUT2D eigenvalue weighted by Crippen LogP contribution is -2.29. The highest BCUT2D eigenvalue weighted by molar-refractivity contribution is 7.89. The molecule has 0 aromatic heterocycles. The zero-order valence-electron chi connectivity index (χ0n) is 12.3. The quantitative estimate of drug-likeness (QED) is 0.598. The first-order valence-corrected chi connectivity index (χ1v) is 7.97. The number of hydrazine groups is 1. The van der Waals surface area contributed by atoms with Crippen molar-refractivity contribution < 1.29 is 18.3 Å². The topological polar surface area (TPSA) is 144 Å². The van der Waals surface area contributed by atoms with E-state index in [4.69, 9.17) is 0 Å². The summed E-state index contributed by atoms with van der Waals surface area (Å²) in [5.74, 6) is 0. The Labute approximate surface area is 136 Å². The first-order valence-electron chi connectivity index (χ1n) is 6.48. The number of hydrogen-bond donors (Lipinski definition) is 2. The van der Waals surface area contributed by atoms with Gasteiger partial charge in [-0.2, -0.15) is 0 Å². The van der Waals surface area contributed by atoms with Crippen LogP contribution in [0.5, 0.6) is 0 Å². The van der Waals surface area contributed by atoms with Gasteiger partial charge in [-0.15, -0.1) is 4.83 Å². The lowest BCUT2D eigenvalue weighted by molar-refractivity contribution is -0.385. The van der Waals surface area contributed by atoms with Crippen LogP contribution in [0.15, 0.2) is 47.4 Å². The van der Waals surface area contributed by atoms with Crippen LogP contribution in [0, 0.1) is 27.2 Å². The molecule has 0 unspecified atom stereocenters. The van der Waals surface area contributed by atoms with E-state index in [1.807, 2.05) is 4.83 Å². The number of para-hydroxylation sites is 2. The van der Waals surface area contributed by atoms with E-state index in [1.54, 1.807) is 0 Å². The molecular formula is C13H12N4O6S. The summed E-state index contributed by atoms with van der Waals surface area (Å²) in [4.78, 5) is 22.0. The van der Waals surface area contributed by atoms with Crippen LogP contribution < -0.4 is 10.3 Å². The second-order valence-electron chi connectivity index (χ2n) is 4.71. The molecule has 0 heterocycles. The van der Waals surface area contributed by atoms with Gasteiger partial charge in [-0.25, -0.2) is 8.42 Å². The maximum Gasteiger partial charge on any atom is 0.293 e. The van der Waals surface area contributed by atoms with Crippen LogP contribution in [0.2, 0.25) is 0 Å². The van der Waals surface area contributed by atoms with E-state index in [2.05, 4.69) is 5.43 Å². The van der Waals surface area contributed by atoms with E-state index in [9.17, 15) is 28.6 Å². The normalized spacial score (nSPS) is 11.0. The lowest BCUT2D eigenvalue weighted by Gasteiger charge is -2.10. The third-order valence-corrected chi connectivity index (χ3v) is 4.35. The van der Waals surface area contributed by atoms with Gasteiger partial charge in [0.2, 0.25) is 0 Å². The van der Waals surface area contributed by atoms with Crippen molar-refractivity contribution >= 4 is 27.1 Å². The second kappa shape index (κ2) is 6.60. The van der Waals surface area contributed by atoms with Crippen LogP contribution in [0.25, 0.3) is 0 Å². The molecule has 0 atom stereocenters. The molecule has 2 N–H and O–H groups in total. The smallest absolute Gasteiger partial charge is 0.293 e. The van der Waals surface area contributed by atoms with Crippen molar-refractivity contribution in [1.82, 2.24) is 4.83 Å². The molecule has 0 radical (unpaired) electrons. The Kier molecular flexibility index (Phi) is 4.76. The SMILES string of the molecule is Cc1ccc(S(=O)(=O)NNc2ccccc2[N+](=O)[O-])cc1[N+](=O)[O-]. The number of benzene rings is 2. The molecule has 126 valence electrons. The average Bonchev–Trinajstić information content (AvgIpc) is 2.53. The van der Waals surface area contributed by atoms with Gasteiger partial charge in [-0.05, 0) is 19.1 Å². The molecule has 0 saturated carbocycles. The third-order valence-electron chi connectivity index (χ3n) is 3.11. The largest absolute Gasteiger partial charge is 0.302 e. The zero-order chi connectivity index (χ0) is 17.9. The van der Waals surface area contributed by atoms with Crippen LogP contribution in [0.4, 0.5) is 17.1 Å². The van der Waals surface area contributed by atoms with Crippen molar-refractivity contribution in [2.24, 2.45) is 0 Å². The molecule has 0 aliphatic heterocycles. The molecule has 0 bridgehead atoms. The van der Waals surface area contributed by atoms with Gasteiger partial charge >= 0.3 is 0 Å². The van der Waals surface area contributed by atoms with E-state index in [-0.39, 0.29) is 22.0 Å². The predicted molar refractivity (Wildman–Crippen MR) is 84.9 cm³/mol. The molecule has 0 aliphatic carbocycles. The predicted octanol–water partition coefficient (Wildman–Crippen LogP) is 2.12. The van der Waals surface area contributed by atoms with Gasteiger partial charge in [0.25, 0.3) is 21.4 Å². The highest BCUT2D eigenvalue weighted by Crippen LogP contribution is 2.24. The van der Waals surface area contributed by atoms with Gasteiger partial charge in [-0.3, -0.25) is 20.2 Å². The minimum Gasteiger partial charge on any atom is -0.302 e. The molecule has 10 nitrogen and oxygen atoms in total. The number of nitrogens with one attached hydrogen (secondary N) is 2. The first kappa shape index (κ1) is 17.3. The number of aryl methyl sites for hydroxylation is 1. The van der Waals surface area contributed by atoms with Crippen LogP contribution in [-0.4, -0.2) is 18.3 Å². The summed E-state index contributed by atoms with van der Waals surface area (Å²) < 4.78 is 24.4. The van der Waals surface area contributed by atoms with Gasteiger partial charge in [0.1, 0.15) is 5.69 Å². The van der Waals surface area contributed by atoms with Gasteiger partial charge in [0, 0.05) is 17.7 Å². The standard InChI is InChI=1S/C13H12N4O6S/c1-9-6-7-10(8-13(9)17(20)21)24(22,23)15-14-11-4-2-3-5-12(11)16(18)19/h2-8,14-15H,1H3. The van der Waals surface area contributed by atoms with Crippen molar-refractivity contribution in [2.45, 2.75) is 11.8 Å². The molecular weight excluding hydrogens is 340 g/mol. The van der Waals surface area contributed by atoms with Gasteiger partial charge < -0.3 is 5.43 Å². The summed E-state index contributed by atoms with van der Waals surface area (Å²) in [5.41, 5.74) is 1.83. The molecule has 0 aliphatic rings. The van der Waals surface area contributed by atoms with Crippen molar-refractivity contribution in [2.75, 3.05) is 5.43 Å². The number of hydrogen-bond acceptors (Lipinski definition) is 7. The Morgan fingerprint density at radius 2 is 1.58 bits per heavy atom. The van der Waals surface area contributed by atoms with E-state index < -0.39 is 19.9 Å². The first-order chi connectivity index (χ1) is 11.2. The fraction of sp³-hybridized carbons (Fsp3) is 0.0769. The molecule has 0 saturated heterocycles. The van der Waals surface area contributed by atoms with Crippen molar-refractivity contribution in [3.05, 3.63) is 68.3 Å². The number of rotatable bonds is 6. The Morgan fingerprint density at radius 1 is 0.958 bits per heavy atom. The summed E-state index contributed by atoms with van der Waals surface area (Å²) in [6, 6.07) is 8.86. The lowest BCUT2D eigenvalue weighted by atomic mass is 10.2. The molecule has 2 aromatic carbocycles. The van der Waals surface area contributed by atoms with E-state index >= 15 is 0 Å². The highest BCUT2D eigenvalue weighted by atomic mass is 32.2. The number of nitro groups is 2. The number of nitrogens with zero attached hydrogens (tertiary/aromatic N) is 2. The molecule has 0 fully saturated rings. The summed E-state index contributed by atoms with van der Waals surface area (Å²) in [5, 5.41) is 21.8. The number of anilines is 1. The van der Waals surface area contributed by atoms with E-state index in [1.165, 1.54) is 43.3 Å². The van der Waals surface area contributed by atoms with Crippen molar-refractivity contribution in [3.63, 3.8) is 0 Å². The van der Waals surface area contributed by atoms with Gasteiger partial charge in [0.05, 0.1) is 14.7 Å². The van der Waals surface area contributed by atoms with Gasteiger partial charge in [-0.1, -0.05) is 18.2 Å². The Balaban J connectivity index is 2.29. The summed E-state index contributed by atoms with van der Waals surface area (Å²) in [7, 11) is -4.16. The molecule has 2 rings (SSSR count). The molecule has 0 spiro atoms. The highest BCUT2D eigenvalue weighted by Gasteiger charge is 2.21. The summed E-state index contributed by atoms with van der Waals surface area (Å²) in [6.45, 7) is 1.48. The second-order valence-corrected chi connectivity index (χ2v) is 6.39. The maximum absolute atomic E-state index is 12.2. The third kappa shape index (κ3) is 3.64. The minimum absolute atomic E-state index is 0.0623. The zero-order valence-corrected chi connectivity index (χ0v) is 13.1. The summed E-state index contributed by atoms with van der Waals surface area (Å²) in [6.07, 6.45) is 0. The monoisotopic (exact) mass is 352 g/mol. The average molecular weight is 352 g/mol. The van der Waals surface area contributed by atoms with Crippen molar-refractivity contribution in [1.29, 1.82) is 0 Å². The van der Waals surface area contributed by atoms with Crippen LogP contribution >= 0.6 is 0 Å². The van der Waals surface area contributed by atoms with Crippen molar-refractivity contribution in [3.8, 4) is 0 Å². The van der Waals surface area contributed by atoms with Gasteiger partial charge in [0.15, 0.2) is 0 Å². The number of nitro benzene ring substituents is 2. The molecule has 24 heavy (non-hydrogen) atoms. The van der Waals surface area contributed by atoms with E-state index in [0.29, 0.717) is 5.56 Å². The Morgan fingerprint density at radius 3 is 2.21 bits per heavy atom.